The molecule has 1 aliphatic carbocycles. The molecular weight excluding hydrogens is 290 g/mol. The van der Waals surface area contributed by atoms with Crippen LogP contribution in [0.5, 0.6) is 0 Å². The van der Waals surface area contributed by atoms with Crippen molar-refractivity contribution in [2.75, 3.05) is 5.32 Å². The Morgan fingerprint density at radius 3 is 2.59 bits per heavy atom. The van der Waals surface area contributed by atoms with Crippen molar-refractivity contribution in [2.24, 2.45) is 0 Å². The fourth-order valence-electron chi connectivity index (χ4n) is 3.18. The molecule has 1 N–H and O–H groups in total. The van der Waals surface area contributed by atoms with Gasteiger partial charge in [-0.05, 0) is 30.5 Å². The molecule has 0 bridgehead atoms. The first-order chi connectivity index (χ1) is 10.8. The number of para-hydroxylation sites is 1. The maximum atomic E-state index is 12.6. The summed E-state index contributed by atoms with van der Waals surface area (Å²) in [6.07, 6.45) is 2.57. The van der Waals surface area contributed by atoms with E-state index < -0.39 is 0 Å². The number of hydrogen-bond acceptors (Lipinski definition) is 3. The van der Waals surface area contributed by atoms with Crippen molar-refractivity contribution < 1.29 is 4.79 Å². The fraction of sp³-hybridized carbons (Fsp3) is 0.211. The summed E-state index contributed by atoms with van der Waals surface area (Å²) in [6.45, 7) is 0. The topological polar surface area (TPSA) is 29.1 Å². The Bertz CT molecular complexity index is 751. The predicted molar refractivity (Wildman–Crippen MR) is 91.0 cm³/mol. The van der Waals surface area contributed by atoms with Crippen molar-refractivity contribution >= 4 is 23.2 Å². The number of thioether (sulfide) groups is 1. The minimum absolute atomic E-state index is 0.0835. The molecule has 0 aromatic heterocycles. The molecule has 0 unspecified atom stereocenters. The van der Waals surface area contributed by atoms with E-state index >= 15 is 0 Å². The second kappa shape index (κ2) is 5.65. The van der Waals surface area contributed by atoms with Gasteiger partial charge in [0.1, 0.15) is 0 Å². The standard InChI is InChI=1S/C19H17NOS/c21-16-11-6-10-15-18(16)19(13-7-2-1-3-8-13)22-17-12-5-4-9-14(17)20-15/h1-5,7-9,12,19-20H,6,10-11H2/t19-/m0/s1. The van der Waals surface area contributed by atoms with Gasteiger partial charge in [-0.1, -0.05) is 42.5 Å². The van der Waals surface area contributed by atoms with Crippen molar-refractivity contribution in [1.29, 1.82) is 0 Å². The minimum Gasteiger partial charge on any atom is -0.358 e. The van der Waals surface area contributed by atoms with Crippen LogP contribution < -0.4 is 5.32 Å². The van der Waals surface area contributed by atoms with Crippen LogP contribution in [0.3, 0.4) is 0 Å². The van der Waals surface area contributed by atoms with Crippen LogP contribution in [0.1, 0.15) is 30.1 Å². The van der Waals surface area contributed by atoms with E-state index in [1.807, 2.05) is 24.3 Å². The number of fused-ring (bicyclic) bond motifs is 1. The largest absolute Gasteiger partial charge is 0.358 e. The summed E-state index contributed by atoms with van der Waals surface area (Å²) in [5.41, 5.74) is 4.41. The Kier molecular flexibility index (Phi) is 3.51. The number of carbonyl (C=O) groups excluding carboxylic acids is 1. The number of benzene rings is 2. The fourth-order valence-corrected chi connectivity index (χ4v) is 4.52. The van der Waals surface area contributed by atoms with Crippen LogP contribution in [-0.4, -0.2) is 5.78 Å². The molecule has 3 heteroatoms. The molecule has 4 rings (SSSR count). The maximum absolute atomic E-state index is 12.6. The number of hydrogen-bond donors (Lipinski definition) is 1. The van der Waals surface area contributed by atoms with Crippen molar-refractivity contribution in [3.63, 3.8) is 0 Å². The molecular formula is C19H17NOS. The normalized spacial score (nSPS) is 20.7. The number of anilines is 1. The highest BCUT2D eigenvalue weighted by molar-refractivity contribution is 8.00. The van der Waals surface area contributed by atoms with E-state index in [0.29, 0.717) is 12.2 Å². The zero-order valence-corrected chi connectivity index (χ0v) is 13.0. The van der Waals surface area contributed by atoms with Crippen LogP contribution in [0.15, 0.2) is 70.8 Å². The molecule has 0 amide bonds. The first-order valence-corrected chi connectivity index (χ1v) is 8.55. The second-order valence-electron chi connectivity index (χ2n) is 5.70. The van der Waals surface area contributed by atoms with Gasteiger partial charge in [0.05, 0.1) is 10.9 Å². The van der Waals surface area contributed by atoms with E-state index in [0.717, 1.165) is 29.8 Å². The number of carbonyl (C=O) groups is 1. The summed E-state index contributed by atoms with van der Waals surface area (Å²) < 4.78 is 0. The van der Waals surface area contributed by atoms with Gasteiger partial charge in [-0.2, -0.15) is 0 Å². The minimum atomic E-state index is 0.0835. The molecule has 0 spiro atoms. The lowest BCUT2D eigenvalue weighted by Crippen LogP contribution is -2.19. The number of nitrogens with one attached hydrogen (secondary N) is 1. The van der Waals surface area contributed by atoms with Crippen molar-refractivity contribution in [1.82, 2.24) is 0 Å². The Morgan fingerprint density at radius 2 is 1.73 bits per heavy atom. The molecule has 0 fully saturated rings. The Balaban J connectivity index is 1.88. The summed E-state index contributed by atoms with van der Waals surface area (Å²) in [7, 11) is 0. The summed E-state index contributed by atoms with van der Waals surface area (Å²) in [6, 6.07) is 18.7. The number of allylic oxidation sites excluding steroid dienone is 1. The molecule has 1 aliphatic heterocycles. The monoisotopic (exact) mass is 307 g/mol. The van der Waals surface area contributed by atoms with Crippen LogP contribution in [0.25, 0.3) is 0 Å². The van der Waals surface area contributed by atoms with Gasteiger partial charge in [0.15, 0.2) is 5.78 Å². The van der Waals surface area contributed by atoms with Crippen molar-refractivity contribution in [3.05, 3.63) is 71.4 Å². The first kappa shape index (κ1) is 13.6. The van der Waals surface area contributed by atoms with Crippen LogP contribution in [-0.2, 0) is 4.79 Å². The van der Waals surface area contributed by atoms with Gasteiger partial charge in [-0.3, -0.25) is 4.79 Å². The van der Waals surface area contributed by atoms with Crippen LogP contribution in [0.4, 0.5) is 5.69 Å². The van der Waals surface area contributed by atoms with Gasteiger partial charge in [-0.25, -0.2) is 0 Å². The number of Topliss-reactive ketones (excluding diaryl/α,β-unsaturated/α-hetero) is 1. The molecule has 22 heavy (non-hydrogen) atoms. The Morgan fingerprint density at radius 1 is 0.955 bits per heavy atom. The molecule has 0 saturated heterocycles. The second-order valence-corrected chi connectivity index (χ2v) is 6.85. The van der Waals surface area contributed by atoms with E-state index in [2.05, 4.69) is 35.6 Å². The average Bonchev–Trinajstić information content (AvgIpc) is 2.73. The molecule has 1 heterocycles. The van der Waals surface area contributed by atoms with E-state index in [-0.39, 0.29) is 5.25 Å². The lowest BCUT2D eigenvalue weighted by atomic mass is 9.89. The van der Waals surface area contributed by atoms with E-state index in [9.17, 15) is 4.79 Å². The predicted octanol–water partition coefficient (Wildman–Crippen LogP) is 4.95. The quantitative estimate of drug-likeness (QED) is 0.808. The zero-order chi connectivity index (χ0) is 14.9. The van der Waals surface area contributed by atoms with Gasteiger partial charge in [0.25, 0.3) is 0 Å². The SMILES string of the molecule is O=C1CCCC2=C1[C@H](c1ccccc1)Sc1ccccc1N2. The highest BCUT2D eigenvalue weighted by Gasteiger charge is 2.32. The molecule has 2 aliphatic rings. The molecule has 1 atom stereocenters. The highest BCUT2D eigenvalue weighted by atomic mass is 32.2. The smallest absolute Gasteiger partial charge is 0.162 e. The Labute approximate surface area is 134 Å². The van der Waals surface area contributed by atoms with Gasteiger partial charge < -0.3 is 5.32 Å². The van der Waals surface area contributed by atoms with Crippen LogP contribution >= 0.6 is 11.8 Å². The third kappa shape index (κ3) is 2.35. The third-order valence-corrected chi connectivity index (χ3v) is 5.59. The van der Waals surface area contributed by atoms with Gasteiger partial charge in [0, 0.05) is 22.6 Å². The maximum Gasteiger partial charge on any atom is 0.162 e. The summed E-state index contributed by atoms with van der Waals surface area (Å²) in [4.78, 5) is 13.8. The van der Waals surface area contributed by atoms with E-state index in [1.54, 1.807) is 11.8 Å². The molecule has 2 aromatic rings. The average molecular weight is 307 g/mol. The summed E-state index contributed by atoms with van der Waals surface area (Å²) in [5.74, 6) is 0.294. The van der Waals surface area contributed by atoms with Gasteiger partial charge in [-0.15, -0.1) is 11.8 Å². The highest BCUT2D eigenvalue weighted by Crippen LogP contribution is 2.49. The lowest BCUT2D eigenvalue weighted by Gasteiger charge is -2.24. The number of ketones is 1. The van der Waals surface area contributed by atoms with Crippen molar-refractivity contribution in [3.8, 4) is 0 Å². The summed E-state index contributed by atoms with van der Waals surface area (Å²) >= 11 is 1.78. The van der Waals surface area contributed by atoms with E-state index in [1.165, 1.54) is 10.5 Å². The molecule has 110 valence electrons. The third-order valence-electron chi connectivity index (χ3n) is 4.24. The van der Waals surface area contributed by atoms with Crippen LogP contribution in [0.2, 0.25) is 0 Å². The van der Waals surface area contributed by atoms with Crippen LogP contribution in [0, 0.1) is 0 Å². The zero-order valence-electron chi connectivity index (χ0n) is 12.2. The van der Waals surface area contributed by atoms with Gasteiger partial charge in [0.2, 0.25) is 0 Å². The number of rotatable bonds is 1. The van der Waals surface area contributed by atoms with Crippen molar-refractivity contribution in [2.45, 2.75) is 29.4 Å². The first-order valence-electron chi connectivity index (χ1n) is 7.67. The van der Waals surface area contributed by atoms with E-state index in [4.69, 9.17) is 0 Å². The molecule has 2 nitrogen and oxygen atoms in total. The molecule has 0 saturated carbocycles. The Hall–Kier alpha value is -2.00. The van der Waals surface area contributed by atoms with Gasteiger partial charge >= 0.3 is 0 Å². The lowest BCUT2D eigenvalue weighted by molar-refractivity contribution is -0.116. The summed E-state index contributed by atoms with van der Waals surface area (Å²) in [5, 5.41) is 3.61. The molecule has 2 aromatic carbocycles. The molecule has 0 radical (unpaired) electrons.